The summed E-state index contributed by atoms with van der Waals surface area (Å²) in [6, 6.07) is 9.92. The van der Waals surface area contributed by atoms with Gasteiger partial charge in [0.2, 0.25) is 5.13 Å². The molecule has 2 heterocycles. The minimum Gasteiger partial charge on any atom is -0.466 e. The number of ether oxygens (including phenoxy) is 1. The normalized spacial score (nSPS) is 11.0. The van der Waals surface area contributed by atoms with E-state index in [2.05, 4.69) is 20.6 Å². The number of aryl methyl sites for hydroxylation is 1. The van der Waals surface area contributed by atoms with E-state index in [4.69, 9.17) is 4.74 Å². The first-order chi connectivity index (χ1) is 12.6. The number of nitrogens with zero attached hydrogens (tertiary/aromatic N) is 4. The van der Waals surface area contributed by atoms with E-state index < -0.39 is 0 Å². The van der Waals surface area contributed by atoms with Crippen molar-refractivity contribution in [2.45, 2.75) is 13.3 Å². The summed E-state index contributed by atoms with van der Waals surface area (Å²) in [4.78, 5) is 15.8. The zero-order valence-electron chi connectivity index (χ0n) is 14.5. The number of hydrogen-bond acceptors (Lipinski definition) is 7. The number of hydrazone groups is 1. The molecule has 0 unspecified atom stereocenters. The molecule has 0 aliphatic rings. The summed E-state index contributed by atoms with van der Waals surface area (Å²) in [5, 5.41) is 11.1. The van der Waals surface area contributed by atoms with Crippen molar-refractivity contribution >= 4 is 28.7 Å². The first-order valence-electron chi connectivity index (χ1n) is 8.13. The van der Waals surface area contributed by atoms with Gasteiger partial charge in [0.15, 0.2) is 0 Å². The first-order valence-corrected chi connectivity index (χ1v) is 9.01. The number of anilines is 1. The molecule has 0 aliphatic heterocycles. The molecule has 3 aromatic rings. The molecule has 0 spiro atoms. The zero-order chi connectivity index (χ0) is 18.4. The zero-order valence-corrected chi connectivity index (χ0v) is 15.4. The second-order valence-electron chi connectivity index (χ2n) is 5.50. The molecule has 1 aromatic carbocycles. The van der Waals surface area contributed by atoms with Crippen LogP contribution in [-0.2, 0) is 23.0 Å². The van der Waals surface area contributed by atoms with Crippen LogP contribution in [-0.4, -0.2) is 33.6 Å². The van der Waals surface area contributed by atoms with Gasteiger partial charge >= 0.3 is 5.97 Å². The van der Waals surface area contributed by atoms with Crippen LogP contribution in [0.15, 0.2) is 47.0 Å². The van der Waals surface area contributed by atoms with Gasteiger partial charge in [0.05, 0.1) is 30.6 Å². The van der Waals surface area contributed by atoms with Crippen LogP contribution in [0.1, 0.15) is 18.2 Å². The van der Waals surface area contributed by atoms with E-state index in [1.807, 2.05) is 49.0 Å². The van der Waals surface area contributed by atoms with Crippen molar-refractivity contribution in [1.82, 2.24) is 14.8 Å². The summed E-state index contributed by atoms with van der Waals surface area (Å²) in [5.74, 6) is -0.279. The van der Waals surface area contributed by atoms with E-state index in [-0.39, 0.29) is 12.4 Å². The number of benzene rings is 1. The standard InChI is InChI=1S/C18H19N5O2S/c1-3-25-17(24)10-15-12-26-18(20-15)21-19-11-13-5-4-6-14(9-13)16-7-8-23(2)22-16/h4-9,11-12H,3,10H2,1-2H3,(H,20,21). The fraction of sp³-hybridized carbons (Fsp3) is 0.222. The van der Waals surface area contributed by atoms with Crippen LogP contribution in [0, 0.1) is 0 Å². The molecule has 26 heavy (non-hydrogen) atoms. The maximum Gasteiger partial charge on any atom is 0.311 e. The van der Waals surface area contributed by atoms with E-state index in [0.29, 0.717) is 17.4 Å². The van der Waals surface area contributed by atoms with Gasteiger partial charge in [0.1, 0.15) is 0 Å². The number of rotatable bonds is 7. The molecule has 0 radical (unpaired) electrons. The summed E-state index contributed by atoms with van der Waals surface area (Å²) in [6.07, 6.45) is 3.80. The Morgan fingerprint density at radius 2 is 2.31 bits per heavy atom. The van der Waals surface area contributed by atoms with Gasteiger partial charge in [0, 0.05) is 24.2 Å². The Hall–Kier alpha value is -3.00. The van der Waals surface area contributed by atoms with Crippen LogP contribution in [0.5, 0.6) is 0 Å². The Kier molecular flexibility index (Phi) is 5.75. The molecule has 0 aliphatic carbocycles. The number of aromatic nitrogens is 3. The van der Waals surface area contributed by atoms with Gasteiger partial charge < -0.3 is 4.74 Å². The van der Waals surface area contributed by atoms with Crippen LogP contribution < -0.4 is 5.43 Å². The summed E-state index contributed by atoms with van der Waals surface area (Å²) >= 11 is 1.39. The van der Waals surface area contributed by atoms with Gasteiger partial charge in [-0.15, -0.1) is 11.3 Å². The fourth-order valence-corrected chi connectivity index (χ4v) is 2.97. The SMILES string of the molecule is CCOC(=O)Cc1csc(NN=Cc2cccc(-c3ccn(C)n3)c2)n1. The minimum atomic E-state index is -0.279. The molecule has 134 valence electrons. The van der Waals surface area contributed by atoms with E-state index in [1.165, 1.54) is 11.3 Å². The average Bonchev–Trinajstić information content (AvgIpc) is 3.24. The average molecular weight is 369 g/mol. The maximum absolute atomic E-state index is 11.5. The highest BCUT2D eigenvalue weighted by Crippen LogP contribution is 2.18. The minimum absolute atomic E-state index is 0.169. The highest BCUT2D eigenvalue weighted by molar-refractivity contribution is 7.13. The monoisotopic (exact) mass is 369 g/mol. The van der Waals surface area contributed by atoms with Crippen LogP contribution >= 0.6 is 11.3 Å². The van der Waals surface area contributed by atoms with Crippen molar-refractivity contribution in [2.24, 2.45) is 12.1 Å². The largest absolute Gasteiger partial charge is 0.466 e. The van der Waals surface area contributed by atoms with Gasteiger partial charge in [0.25, 0.3) is 0 Å². The van der Waals surface area contributed by atoms with Crippen molar-refractivity contribution in [3.05, 3.63) is 53.2 Å². The van der Waals surface area contributed by atoms with Gasteiger partial charge in [-0.2, -0.15) is 10.2 Å². The van der Waals surface area contributed by atoms with Gasteiger partial charge in [-0.05, 0) is 24.6 Å². The molecule has 0 amide bonds. The van der Waals surface area contributed by atoms with E-state index in [9.17, 15) is 4.79 Å². The molecule has 0 fully saturated rings. The van der Waals surface area contributed by atoms with Crippen LogP contribution in [0.3, 0.4) is 0 Å². The predicted octanol–water partition coefficient (Wildman–Crippen LogP) is 3.10. The Bertz CT molecular complexity index is 916. The summed E-state index contributed by atoms with van der Waals surface area (Å²) in [7, 11) is 1.89. The predicted molar refractivity (Wildman–Crippen MR) is 102 cm³/mol. The lowest BCUT2D eigenvalue weighted by Crippen LogP contribution is -2.07. The van der Waals surface area contributed by atoms with Crippen LogP contribution in [0.25, 0.3) is 11.3 Å². The molecule has 8 heteroatoms. The summed E-state index contributed by atoms with van der Waals surface area (Å²) in [5.41, 5.74) is 6.45. The molecule has 0 saturated heterocycles. The lowest BCUT2D eigenvalue weighted by molar-refractivity contribution is -0.142. The molecule has 0 atom stereocenters. The second-order valence-corrected chi connectivity index (χ2v) is 6.35. The first kappa shape index (κ1) is 17.8. The number of carbonyl (C=O) groups is 1. The third-order valence-electron chi connectivity index (χ3n) is 3.45. The Morgan fingerprint density at radius 3 is 3.08 bits per heavy atom. The molecule has 2 aromatic heterocycles. The molecule has 3 rings (SSSR count). The van der Waals surface area contributed by atoms with Crippen molar-refractivity contribution < 1.29 is 9.53 Å². The van der Waals surface area contributed by atoms with Gasteiger partial charge in [-0.1, -0.05) is 18.2 Å². The topological polar surface area (TPSA) is 81.4 Å². The highest BCUT2D eigenvalue weighted by atomic mass is 32.1. The lowest BCUT2D eigenvalue weighted by atomic mass is 10.1. The van der Waals surface area contributed by atoms with E-state index >= 15 is 0 Å². The van der Waals surface area contributed by atoms with Crippen LogP contribution in [0.2, 0.25) is 0 Å². The molecular weight excluding hydrogens is 350 g/mol. The van der Waals surface area contributed by atoms with Crippen molar-refractivity contribution in [2.75, 3.05) is 12.0 Å². The van der Waals surface area contributed by atoms with E-state index in [0.717, 1.165) is 16.8 Å². The van der Waals surface area contributed by atoms with Gasteiger partial charge in [-0.25, -0.2) is 4.98 Å². The Morgan fingerprint density at radius 1 is 1.42 bits per heavy atom. The molecular formula is C18H19N5O2S. The van der Waals surface area contributed by atoms with E-state index in [1.54, 1.807) is 17.8 Å². The van der Waals surface area contributed by atoms with Crippen molar-refractivity contribution in [3.8, 4) is 11.3 Å². The number of esters is 1. The maximum atomic E-state index is 11.5. The lowest BCUT2D eigenvalue weighted by Gasteiger charge is -1.99. The Balaban J connectivity index is 1.61. The van der Waals surface area contributed by atoms with Crippen molar-refractivity contribution in [1.29, 1.82) is 0 Å². The summed E-state index contributed by atoms with van der Waals surface area (Å²) in [6.45, 7) is 2.15. The number of thiazole rings is 1. The van der Waals surface area contributed by atoms with Crippen LogP contribution in [0.4, 0.5) is 5.13 Å². The number of hydrogen-bond donors (Lipinski definition) is 1. The fourth-order valence-electron chi connectivity index (χ4n) is 2.31. The third-order valence-corrected chi connectivity index (χ3v) is 4.25. The molecule has 1 N–H and O–H groups in total. The van der Waals surface area contributed by atoms with Crippen molar-refractivity contribution in [3.63, 3.8) is 0 Å². The highest BCUT2D eigenvalue weighted by Gasteiger charge is 2.08. The smallest absolute Gasteiger partial charge is 0.311 e. The molecule has 0 bridgehead atoms. The number of nitrogens with one attached hydrogen (secondary N) is 1. The molecule has 7 nitrogen and oxygen atoms in total. The second kappa shape index (κ2) is 8.39. The van der Waals surface area contributed by atoms with Gasteiger partial charge in [-0.3, -0.25) is 14.9 Å². The summed E-state index contributed by atoms with van der Waals surface area (Å²) < 4.78 is 6.68. The third kappa shape index (κ3) is 4.76. The number of carbonyl (C=O) groups excluding carboxylic acids is 1. The Labute approximate surface area is 155 Å². The molecule has 0 saturated carbocycles. The quantitative estimate of drug-likeness (QED) is 0.393.